The molecule has 2 rings (SSSR count). The summed E-state index contributed by atoms with van der Waals surface area (Å²) in [7, 11) is 0. The van der Waals surface area contributed by atoms with Gasteiger partial charge in [0.15, 0.2) is 6.61 Å². The monoisotopic (exact) mass is 325 g/mol. The van der Waals surface area contributed by atoms with E-state index in [0.29, 0.717) is 18.3 Å². The molecule has 0 aliphatic heterocycles. The Morgan fingerprint density at radius 2 is 2.21 bits per heavy atom. The van der Waals surface area contributed by atoms with Crippen LogP contribution in [0.3, 0.4) is 0 Å². The number of nitrogens with zero attached hydrogens (tertiary/aromatic N) is 2. The van der Waals surface area contributed by atoms with Gasteiger partial charge in [0.2, 0.25) is 11.7 Å². The van der Waals surface area contributed by atoms with Crippen molar-refractivity contribution in [1.29, 1.82) is 0 Å². The van der Waals surface area contributed by atoms with E-state index in [0.717, 1.165) is 27.8 Å². The molecular weight excluding hydrogens is 310 g/mol. The molecule has 0 saturated carbocycles. The van der Waals surface area contributed by atoms with Crippen molar-refractivity contribution in [1.82, 2.24) is 10.1 Å². The van der Waals surface area contributed by atoms with Gasteiger partial charge in [-0.05, 0) is 24.6 Å². The van der Waals surface area contributed by atoms with E-state index < -0.39 is 0 Å². The van der Waals surface area contributed by atoms with Crippen LogP contribution in [-0.4, -0.2) is 10.1 Å². The second-order valence-electron chi connectivity index (χ2n) is 4.16. The quantitative estimate of drug-likeness (QED) is 0.914. The Morgan fingerprint density at radius 3 is 2.84 bits per heavy atom. The van der Waals surface area contributed by atoms with E-state index in [2.05, 4.69) is 26.1 Å². The number of hydrogen-bond donors (Lipinski definition) is 1. The molecule has 1 aromatic heterocycles. The third kappa shape index (κ3) is 3.33. The number of aryl methyl sites for hydroxylation is 2. The summed E-state index contributed by atoms with van der Waals surface area (Å²) in [6.07, 6.45) is 0.721. The molecule has 0 spiro atoms. The fourth-order valence-corrected chi connectivity index (χ4v) is 2.41. The Labute approximate surface area is 120 Å². The van der Waals surface area contributed by atoms with Crippen LogP contribution in [0.1, 0.15) is 29.8 Å². The lowest BCUT2D eigenvalue weighted by Gasteiger charge is -2.12. The number of hydrogen-bond acceptors (Lipinski definition) is 5. The number of ether oxygens (including phenoxy) is 1. The molecule has 0 unspecified atom stereocenters. The van der Waals surface area contributed by atoms with Crippen molar-refractivity contribution in [3.63, 3.8) is 0 Å². The standard InChI is InChI=1S/C13H16BrN3O2/c1-3-12-16-11(17-19-12)7-18-13-8(2)4-10(14)5-9(13)6-15/h4-5H,3,6-7,15H2,1-2H3. The number of halogens is 1. The molecule has 0 bridgehead atoms. The summed E-state index contributed by atoms with van der Waals surface area (Å²) in [5.74, 6) is 1.95. The molecular formula is C13H16BrN3O2. The second-order valence-corrected chi connectivity index (χ2v) is 5.08. The number of nitrogens with two attached hydrogens (primary N) is 1. The van der Waals surface area contributed by atoms with Gasteiger partial charge in [0.05, 0.1) is 0 Å². The minimum absolute atomic E-state index is 0.277. The van der Waals surface area contributed by atoms with Gasteiger partial charge in [-0.1, -0.05) is 28.0 Å². The normalized spacial score (nSPS) is 10.7. The first-order valence-electron chi connectivity index (χ1n) is 6.07. The van der Waals surface area contributed by atoms with Gasteiger partial charge >= 0.3 is 0 Å². The molecule has 2 N–H and O–H groups in total. The molecule has 102 valence electrons. The summed E-state index contributed by atoms with van der Waals surface area (Å²) in [6.45, 7) is 4.64. The first kappa shape index (κ1) is 14.0. The van der Waals surface area contributed by atoms with E-state index in [4.69, 9.17) is 15.0 Å². The van der Waals surface area contributed by atoms with Gasteiger partial charge < -0.3 is 15.0 Å². The van der Waals surface area contributed by atoms with E-state index in [1.54, 1.807) is 0 Å². The molecule has 0 aliphatic carbocycles. The van der Waals surface area contributed by atoms with Gasteiger partial charge in [-0.3, -0.25) is 0 Å². The highest BCUT2D eigenvalue weighted by molar-refractivity contribution is 9.10. The molecule has 1 heterocycles. The molecule has 0 radical (unpaired) electrons. The van der Waals surface area contributed by atoms with Gasteiger partial charge in [0.1, 0.15) is 5.75 Å². The van der Waals surface area contributed by atoms with E-state index in [9.17, 15) is 0 Å². The van der Waals surface area contributed by atoms with Crippen LogP contribution in [0.5, 0.6) is 5.75 Å². The Morgan fingerprint density at radius 1 is 1.42 bits per heavy atom. The minimum Gasteiger partial charge on any atom is -0.485 e. The number of rotatable bonds is 5. The fraction of sp³-hybridized carbons (Fsp3) is 0.385. The molecule has 19 heavy (non-hydrogen) atoms. The predicted octanol–water partition coefficient (Wildman–Crippen LogP) is 2.74. The molecule has 0 atom stereocenters. The smallest absolute Gasteiger partial charge is 0.226 e. The number of benzene rings is 1. The number of aromatic nitrogens is 2. The van der Waals surface area contributed by atoms with Crippen molar-refractivity contribution in [3.8, 4) is 5.75 Å². The third-order valence-electron chi connectivity index (χ3n) is 2.69. The SMILES string of the molecule is CCc1nc(COc2c(C)cc(Br)cc2CN)no1. The van der Waals surface area contributed by atoms with Gasteiger partial charge in [-0.15, -0.1) is 0 Å². The maximum atomic E-state index is 5.77. The van der Waals surface area contributed by atoms with Gasteiger partial charge in [-0.2, -0.15) is 4.98 Å². The highest BCUT2D eigenvalue weighted by Crippen LogP contribution is 2.28. The summed E-state index contributed by atoms with van der Waals surface area (Å²) >= 11 is 3.45. The molecule has 5 nitrogen and oxygen atoms in total. The van der Waals surface area contributed by atoms with Crippen LogP contribution in [0.4, 0.5) is 0 Å². The lowest BCUT2D eigenvalue weighted by Crippen LogP contribution is -2.05. The van der Waals surface area contributed by atoms with Gasteiger partial charge in [0.25, 0.3) is 0 Å². The summed E-state index contributed by atoms with van der Waals surface area (Å²) in [4.78, 5) is 4.20. The third-order valence-corrected chi connectivity index (χ3v) is 3.15. The van der Waals surface area contributed by atoms with Crippen LogP contribution in [-0.2, 0) is 19.6 Å². The van der Waals surface area contributed by atoms with E-state index in [-0.39, 0.29) is 6.61 Å². The van der Waals surface area contributed by atoms with Gasteiger partial charge in [-0.25, -0.2) is 0 Å². The van der Waals surface area contributed by atoms with Crippen molar-refractivity contribution in [2.45, 2.75) is 33.4 Å². The average molecular weight is 326 g/mol. The van der Waals surface area contributed by atoms with E-state index >= 15 is 0 Å². The maximum Gasteiger partial charge on any atom is 0.226 e. The Hall–Kier alpha value is -1.40. The molecule has 0 fully saturated rings. The van der Waals surface area contributed by atoms with Crippen molar-refractivity contribution in [2.75, 3.05) is 0 Å². The predicted molar refractivity (Wildman–Crippen MR) is 74.8 cm³/mol. The first-order chi connectivity index (χ1) is 9.13. The van der Waals surface area contributed by atoms with E-state index in [1.165, 1.54) is 0 Å². The summed E-state index contributed by atoms with van der Waals surface area (Å²) < 4.78 is 11.8. The highest BCUT2D eigenvalue weighted by Gasteiger charge is 2.10. The Kier molecular flexibility index (Phi) is 4.55. The van der Waals surface area contributed by atoms with Crippen molar-refractivity contribution < 1.29 is 9.26 Å². The second kappa shape index (κ2) is 6.16. The molecule has 1 aromatic carbocycles. The molecule has 0 aliphatic rings. The van der Waals surface area contributed by atoms with Crippen LogP contribution in [0.25, 0.3) is 0 Å². The zero-order chi connectivity index (χ0) is 13.8. The summed E-state index contributed by atoms with van der Waals surface area (Å²) in [5, 5.41) is 3.85. The van der Waals surface area contributed by atoms with Crippen LogP contribution >= 0.6 is 15.9 Å². The fourth-order valence-electron chi connectivity index (χ4n) is 1.79. The lowest BCUT2D eigenvalue weighted by atomic mass is 10.1. The van der Waals surface area contributed by atoms with Crippen molar-refractivity contribution in [3.05, 3.63) is 39.4 Å². The zero-order valence-corrected chi connectivity index (χ0v) is 12.5. The van der Waals surface area contributed by atoms with E-state index in [1.807, 2.05) is 26.0 Å². The van der Waals surface area contributed by atoms with Gasteiger partial charge in [0, 0.05) is 23.0 Å². The summed E-state index contributed by atoms with van der Waals surface area (Å²) in [6, 6.07) is 3.94. The first-order valence-corrected chi connectivity index (χ1v) is 6.86. The zero-order valence-electron chi connectivity index (χ0n) is 10.9. The molecule has 0 amide bonds. The Balaban J connectivity index is 2.14. The minimum atomic E-state index is 0.277. The topological polar surface area (TPSA) is 74.2 Å². The van der Waals surface area contributed by atoms with Crippen LogP contribution in [0.2, 0.25) is 0 Å². The molecule has 6 heteroatoms. The molecule has 0 saturated heterocycles. The van der Waals surface area contributed by atoms with Crippen LogP contribution < -0.4 is 10.5 Å². The average Bonchev–Trinajstić information content (AvgIpc) is 2.84. The molecule has 2 aromatic rings. The Bertz CT molecular complexity index is 569. The largest absolute Gasteiger partial charge is 0.485 e. The summed E-state index contributed by atoms with van der Waals surface area (Å²) in [5.41, 5.74) is 7.70. The lowest BCUT2D eigenvalue weighted by molar-refractivity contribution is 0.281. The maximum absolute atomic E-state index is 5.77. The van der Waals surface area contributed by atoms with Crippen molar-refractivity contribution in [2.24, 2.45) is 5.73 Å². The van der Waals surface area contributed by atoms with Crippen LogP contribution in [0.15, 0.2) is 21.1 Å². The van der Waals surface area contributed by atoms with Crippen LogP contribution in [0, 0.1) is 6.92 Å². The highest BCUT2D eigenvalue weighted by atomic mass is 79.9. The van der Waals surface area contributed by atoms with Crippen molar-refractivity contribution >= 4 is 15.9 Å².